The van der Waals surface area contributed by atoms with Crippen molar-refractivity contribution in [1.82, 2.24) is 14.8 Å². The van der Waals surface area contributed by atoms with E-state index in [1.54, 1.807) is 4.57 Å². The first-order chi connectivity index (χ1) is 8.65. The molecule has 96 valence electrons. The number of halogens is 2. The molecule has 0 unspecified atom stereocenters. The lowest BCUT2D eigenvalue weighted by molar-refractivity contribution is 0.264. The minimum atomic E-state index is -0.665. The number of rotatable bonds is 4. The number of hydrogen-bond donors (Lipinski definition) is 1. The van der Waals surface area contributed by atoms with E-state index in [4.69, 9.17) is 5.11 Å². The van der Waals surface area contributed by atoms with Crippen molar-refractivity contribution in [1.29, 1.82) is 0 Å². The van der Waals surface area contributed by atoms with Crippen molar-refractivity contribution in [2.45, 2.75) is 26.5 Å². The van der Waals surface area contributed by atoms with Crippen molar-refractivity contribution >= 4 is 0 Å². The molecule has 1 aromatic carbocycles. The third-order valence-electron chi connectivity index (χ3n) is 2.54. The zero-order valence-corrected chi connectivity index (χ0v) is 9.90. The Kier molecular flexibility index (Phi) is 3.66. The highest BCUT2D eigenvalue weighted by Gasteiger charge is 2.14. The van der Waals surface area contributed by atoms with Crippen LogP contribution in [0, 0.1) is 11.6 Å². The second-order valence-corrected chi connectivity index (χ2v) is 3.91. The maximum absolute atomic E-state index is 13.2. The molecule has 6 heteroatoms. The highest BCUT2D eigenvalue weighted by Crippen LogP contribution is 2.21. The lowest BCUT2D eigenvalue weighted by Gasteiger charge is -2.08. The number of aromatic nitrogens is 3. The van der Waals surface area contributed by atoms with Crippen LogP contribution in [0.15, 0.2) is 18.2 Å². The minimum Gasteiger partial charge on any atom is -0.388 e. The first-order valence-electron chi connectivity index (χ1n) is 5.65. The van der Waals surface area contributed by atoms with Crippen LogP contribution in [-0.4, -0.2) is 19.9 Å². The Labute approximate surface area is 103 Å². The van der Waals surface area contributed by atoms with Gasteiger partial charge in [0.1, 0.15) is 18.2 Å². The number of aliphatic hydroxyl groups excluding tert-OH is 1. The van der Waals surface area contributed by atoms with Gasteiger partial charge in [0.2, 0.25) is 0 Å². The molecule has 0 atom stereocenters. The Morgan fingerprint density at radius 3 is 2.39 bits per heavy atom. The Morgan fingerprint density at radius 1 is 1.17 bits per heavy atom. The van der Waals surface area contributed by atoms with E-state index in [-0.39, 0.29) is 6.61 Å². The summed E-state index contributed by atoms with van der Waals surface area (Å²) in [6.45, 7) is 2.28. The van der Waals surface area contributed by atoms with E-state index in [2.05, 4.69) is 10.2 Å². The molecule has 0 aliphatic rings. The molecule has 0 radical (unpaired) electrons. The number of aliphatic hydroxyl groups is 1. The standard InChI is InChI=1S/C12H13F2N3O/c1-2-3-17-11(7-18)15-16-12(17)8-4-9(13)6-10(14)5-8/h4-6,18H,2-3,7H2,1H3. The summed E-state index contributed by atoms with van der Waals surface area (Å²) in [5.74, 6) is -0.584. The van der Waals surface area contributed by atoms with Gasteiger partial charge in [0.05, 0.1) is 0 Å². The van der Waals surface area contributed by atoms with Gasteiger partial charge in [0, 0.05) is 18.2 Å². The fourth-order valence-electron chi connectivity index (χ4n) is 1.81. The summed E-state index contributed by atoms with van der Waals surface area (Å²) in [4.78, 5) is 0. The van der Waals surface area contributed by atoms with Gasteiger partial charge >= 0.3 is 0 Å². The first-order valence-corrected chi connectivity index (χ1v) is 5.65. The lowest BCUT2D eigenvalue weighted by Crippen LogP contribution is -2.05. The summed E-state index contributed by atoms with van der Waals surface area (Å²) in [6, 6.07) is 3.19. The van der Waals surface area contributed by atoms with E-state index in [0.29, 0.717) is 23.8 Å². The quantitative estimate of drug-likeness (QED) is 0.908. The van der Waals surface area contributed by atoms with Gasteiger partial charge in [-0.2, -0.15) is 0 Å². The van der Waals surface area contributed by atoms with E-state index in [9.17, 15) is 8.78 Å². The summed E-state index contributed by atoms with van der Waals surface area (Å²) in [6.07, 6.45) is 0.801. The molecular formula is C12H13F2N3O. The van der Waals surface area contributed by atoms with Crippen LogP contribution < -0.4 is 0 Å². The van der Waals surface area contributed by atoms with Gasteiger partial charge in [-0.05, 0) is 18.6 Å². The number of nitrogens with zero attached hydrogens (tertiary/aromatic N) is 3. The molecule has 1 heterocycles. The molecule has 0 aliphatic heterocycles. The molecule has 0 aliphatic carbocycles. The molecule has 4 nitrogen and oxygen atoms in total. The molecule has 1 aromatic heterocycles. The van der Waals surface area contributed by atoms with Crippen LogP contribution >= 0.6 is 0 Å². The molecule has 2 aromatic rings. The van der Waals surface area contributed by atoms with E-state index in [0.717, 1.165) is 12.5 Å². The Balaban J connectivity index is 2.52. The van der Waals surface area contributed by atoms with E-state index < -0.39 is 11.6 Å². The van der Waals surface area contributed by atoms with E-state index >= 15 is 0 Å². The summed E-state index contributed by atoms with van der Waals surface area (Å²) in [5, 5.41) is 16.8. The van der Waals surface area contributed by atoms with Crippen molar-refractivity contribution < 1.29 is 13.9 Å². The van der Waals surface area contributed by atoms with Gasteiger partial charge < -0.3 is 9.67 Å². The molecule has 1 N–H and O–H groups in total. The van der Waals surface area contributed by atoms with Gasteiger partial charge in [0.25, 0.3) is 0 Å². The summed E-state index contributed by atoms with van der Waals surface area (Å²) < 4.78 is 28.0. The topological polar surface area (TPSA) is 50.9 Å². The zero-order valence-electron chi connectivity index (χ0n) is 9.90. The SMILES string of the molecule is CCCn1c(CO)nnc1-c1cc(F)cc(F)c1. The van der Waals surface area contributed by atoms with E-state index in [1.807, 2.05) is 6.92 Å². The van der Waals surface area contributed by atoms with Crippen molar-refractivity contribution in [3.8, 4) is 11.4 Å². The zero-order chi connectivity index (χ0) is 13.1. The van der Waals surface area contributed by atoms with Crippen LogP contribution in [0.5, 0.6) is 0 Å². The maximum Gasteiger partial charge on any atom is 0.164 e. The predicted molar refractivity (Wildman–Crippen MR) is 61.6 cm³/mol. The van der Waals surface area contributed by atoms with Crippen molar-refractivity contribution in [3.63, 3.8) is 0 Å². The maximum atomic E-state index is 13.2. The second-order valence-electron chi connectivity index (χ2n) is 3.91. The molecule has 18 heavy (non-hydrogen) atoms. The van der Waals surface area contributed by atoms with Crippen LogP contribution in [0.25, 0.3) is 11.4 Å². The van der Waals surface area contributed by atoms with Crippen LogP contribution in [0.4, 0.5) is 8.78 Å². The van der Waals surface area contributed by atoms with Gasteiger partial charge in [-0.1, -0.05) is 6.92 Å². The normalized spacial score (nSPS) is 10.9. The molecule has 0 amide bonds. The van der Waals surface area contributed by atoms with Gasteiger partial charge in [-0.15, -0.1) is 10.2 Å². The molecule has 0 saturated heterocycles. The third kappa shape index (κ3) is 2.38. The fraction of sp³-hybridized carbons (Fsp3) is 0.333. The number of hydrogen-bond acceptors (Lipinski definition) is 3. The van der Waals surface area contributed by atoms with Gasteiger partial charge in [-0.3, -0.25) is 0 Å². The van der Waals surface area contributed by atoms with Crippen LogP contribution in [0.1, 0.15) is 19.2 Å². The Hall–Kier alpha value is -1.82. The summed E-state index contributed by atoms with van der Waals surface area (Å²) >= 11 is 0. The van der Waals surface area contributed by atoms with Crippen LogP contribution in [0.3, 0.4) is 0 Å². The highest BCUT2D eigenvalue weighted by atomic mass is 19.1. The van der Waals surface area contributed by atoms with Crippen LogP contribution in [-0.2, 0) is 13.2 Å². The fourth-order valence-corrected chi connectivity index (χ4v) is 1.81. The van der Waals surface area contributed by atoms with Gasteiger partial charge in [-0.25, -0.2) is 8.78 Å². The van der Waals surface area contributed by atoms with Crippen molar-refractivity contribution in [2.24, 2.45) is 0 Å². The smallest absolute Gasteiger partial charge is 0.164 e. The molecular weight excluding hydrogens is 240 g/mol. The Bertz CT molecular complexity index is 534. The summed E-state index contributed by atoms with van der Waals surface area (Å²) in [7, 11) is 0. The largest absolute Gasteiger partial charge is 0.388 e. The highest BCUT2D eigenvalue weighted by molar-refractivity contribution is 5.55. The first kappa shape index (κ1) is 12.6. The molecule has 0 fully saturated rings. The lowest BCUT2D eigenvalue weighted by atomic mass is 10.2. The average Bonchev–Trinajstić information content (AvgIpc) is 2.71. The van der Waals surface area contributed by atoms with Gasteiger partial charge in [0.15, 0.2) is 11.6 Å². The summed E-state index contributed by atoms with van der Waals surface area (Å²) in [5.41, 5.74) is 0.313. The van der Waals surface area contributed by atoms with Crippen molar-refractivity contribution in [3.05, 3.63) is 35.7 Å². The molecule has 0 bridgehead atoms. The molecule has 2 rings (SSSR count). The van der Waals surface area contributed by atoms with Crippen LogP contribution in [0.2, 0.25) is 0 Å². The molecule has 0 spiro atoms. The van der Waals surface area contributed by atoms with Crippen molar-refractivity contribution in [2.75, 3.05) is 0 Å². The predicted octanol–water partition coefficient (Wildman–Crippen LogP) is 2.13. The Morgan fingerprint density at radius 2 is 1.83 bits per heavy atom. The second kappa shape index (κ2) is 5.22. The van der Waals surface area contributed by atoms with E-state index in [1.165, 1.54) is 12.1 Å². The monoisotopic (exact) mass is 253 g/mol. The minimum absolute atomic E-state index is 0.259. The average molecular weight is 253 g/mol. The third-order valence-corrected chi connectivity index (χ3v) is 2.54. The number of benzene rings is 1. The molecule has 0 saturated carbocycles.